The Kier molecular flexibility index (Phi) is 17.2. The van der Waals surface area contributed by atoms with Crippen LogP contribution < -0.4 is 0 Å². The molecule has 0 aromatic heterocycles. The fourth-order valence-electron chi connectivity index (χ4n) is 7.89. The van der Waals surface area contributed by atoms with Crippen molar-refractivity contribution in [1.29, 1.82) is 0 Å². The number of cyclic esters (lactones) is 1. The van der Waals surface area contributed by atoms with Crippen molar-refractivity contribution in [1.82, 2.24) is 0 Å². The normalized spacial score (nSPS) is 36.3. The Morgan fingerprint density at radius 2 is 1.69 bits per heavy atom. The Morgan fingerprint density at radius 3 is 2.39 bits per heavy atom. The molecule has 6 bridgehead atoms. The summed E-state index contributed by atoms with van der Waals surface area (Å²) in [5.41, 5.74) is -1.08. The van der Waals surface area contributed by atoms with Gasteiger partial charge in [0.1, 0.15) is 6.10 Å². The smallest absolute Gasteiger partial charge is 0.330 e. The third-order valence-corrected chi connectivity index (χ3v) is 10.9. The van der Waals surface area contributed by atoms with Crippen LogP contribution in [-0.2, 0) is 47.5 Å². The molecule has 10 atom stereocenters. The van der Waals surface area contributed by atoms with Crippen molar-refractivity contribution in [2.75, 3.05) is 13.7 Å². The molecule has 54 heavy (non-hydrogen) atoms. The van der Waals surface area contributed by atoms with E-state index in [4.69, 9.17) is 33.2 Å². The lowest BCUT2D eigenvalue weighted by Gasteiger charge is -2.51. The summed E-state index contributed by atoms with van der Waals surface area (Å²) in [7, 11) is 1.22. The second-order valence-corrected chi connectivity index (χ2v) is 15.8. The number of hydrogen-bond acceptors (Lipinski definition) is 13. The summed E-state index contributed by atoms with van der Waals surface area (Å²) in [6.07, 6.45) is 9.26. The lowest BCUT2D eigenvalue weighted by molar-refractivity contribution is -0.327. The van der Waals surface area contributed by atoms with Gasteiger partial charge in [0.2, 0.25) is 5.79 Å². The molecule has 0 spiro atoms. The Morgan fingerprint density at radius 1 is 0.963 bits per heavy atom. The molecule has 13 nitrogen and oxygen atoms in total. The second kappa shape index (κ2) is 21.0. The summed E-state index contributed by atoms with van der Waals surface area (Å²) < 4.78 is 42.2. The molecule has 0 radical (unpaired) electrons. The van der Waals surface area contributed by atoms with Gasteiger partial charge in [-0.25, -0.2) is 4.79 Å². The minimum Gasteiger partial charge on any atom is -0.466 e. The first-order valence-corrected chi connectivity index (χ1v) is 19.9. The molecule has 0 aromatic rings. The van der Waals surface area contributed by atoms with Crippen LogP contribution in [0, 0.1) is 5.41 Å². The van der Waals surface area contributed by atoms with Crippen molar-refractivity contribution in [2.24, 2.45) is 5.41 Å². The van der Waals surface area contributed by atoms with Crippen LogP contribution >= 0.6 is 0 Å². The molecule has 0 aliphatic carbocycles. The number of ether oxygens (including phenoxy) is 7. The highest BCUT2D eigenvalue weighted by molar-refractivity contribution is 5.83. The van der Waals surface area contributed by atoms with Gasteiger partial charge < -0.3 is 48.5 Å². The summed E-state index contributed by atoms with van der Waals surface area (Å²) in [4.78, 5) is 39.1. The van der Waals surface area contributed by atoms with E-state index in [0.29, 0.717) is 25.7 Å². The van der Waals surface area contributed by atoms with E-state index in [1.165, 1.54) is 13.2 Å². The van der Waals surface area contributed by atoms with Crippen LogP contribution in [0.25, 0.3) is 0 Å². The van der Waals surface area contributed by atoms with Crippen LogP contribution in [0.4, 0.5) is 0 Å². The van der Waals surface area contributed by atoms with Gasteiger partial charge in [-0.15, -0.1) is 6.58 Å². The summed E-state index contributed by atoms with van der Waals surface area (Å²) in [5.74, 6) is -4.26. The van der Waals surface area contributed by atoms with E-state index >= 15 is 0 Å². The summed E-state index contributed by atoms with van der Waals surface area (Å²) in [6, 6.07) is 0. The number of hydrogen-bond donors (Lipinski definition) is 3. The zero-order valence-electron chi connectivity index (χ0n) is 32.7. The zero-order chi connectivity index (χ0) is 39.3. The van der Waals surface area contributed by atoms with Gasteiger partial charge in [-0.1, -0.05) is 58.6 Å². The molecule has 0 aromatic carbocycles. The van der Waals surface area contributed by atoms with E-state index in [1.807, 2.05) is 0 Å². The largest absolute Gasteiger partial charge is 0.466 e. The number of fused-ring (bicyclic) bond motifs is 6. The minimum absolute atomic E-state index is 0.0116. The van der Waals surface area contributed by atoms with Gasteiger partial charge >= 0.3 is 17.9 Å². The molecule has 4 rings (SSSR count). The lowest BCUT2D eigenvalue weighted by Crippen LogP contribution is -2.62. The van der Waals surface area contributed by atoms with Crippen LogP contribution in [0.1, 0.15) is 124 Å². The predicted molar refractivity (Wildman–Crippen MR) is 198 cm³/mol. The predicted octanol–water partition coefficient (Wildman–Crippen LogP) is 5.27. The van der Waals surface area contributed by atoms with Gasteiger partial charge in [-0.05, 0) is 50.2 Å². The minimum atomic E-state index is -2.27. The maximum atomic E-state index is 13.4. The highest BCUT2D eigenvalue weighted by Gasteiger charge is 2.57. The van der Waals surface area contributed by atoms with E-state index in [-0.39, 0.29) is 62.1 Å². The van der Waals surface area contributed by atoms with Gasteiger partial charge in [0.15, 0.2) is 12.4 Å². The number of unbranched alkanes of at least 4 members (excludes halogenated alkanes) is 4. The topological polar surface area (TPSA) is 177 Å². The highest BCUT2D eigenvalue weighted by Crippen LogP contribution is 2.47. The Balaban J connectivity index is 1.72. The Bertz CT molecular complexity index is 1300. The molecule has 13 heteroatoms. The van der Waals surface area contributed by atoms with Gasteiger partial charge in [-0.2, -0.15) is 0 Å². The van der Waals surface area contributed by atoms with Crippen LogP contribution in [0.5, 0.6) is 0 Å². The van der Waals surface area contributed by atoms with Gasteiger partial charge in [0.25, 0.3) is 0 Å². The van der Waals surface area contributed by atoms with Crippen molar-refractivity contribution in [2.45, 2.75) is 184 Å². The zero-order valence-corrected chi connectivity index (χ0v) is 32.7. The number of esters is 3. The quantitative estimate of drug-likeness (QED) is 0.0816. The first kappa shape index (κ1) is 44.1. The maximum absolute atomic E-state index is 13.4. The lowest BCUT2D eigenvalue weighted by atomic mass is 9.74. The fourth-order valence-corrected chi connectivity index (χ4v) is 7.89. The molecule has 306 valence electrons. The Labute approximate surface area is 320 Å². The van der Waals surface area contributed by atoms with E-state index in [9.17, 15) is 29.7 Å². The third kappa shape index (κ3) is 12.7. The van der Waals surface area contributed by atoms with Crippen molar-refractivity contribution < 1.29 is 62.9 Å². The second-order valence-electron chi connectivity index (χ2n) is 15.8. The monoisotopic (exact) mass is 764 g/mol. The molecular formula is C41H64O13. The van der Waals surface area contributed by atoms with Crippen molar-refractivity contribution in [3.8, 4) is 0 Å². The molecule has 3 saturated heterocycles. The standard InChI is InChI=1S/C41H64O13/c1-6-8-9-10-11-16-35(44)53-39-27(20-36(45)48-5)19-33-25-34(26-42)50-37(46)22-28(43)21-30-14-12-15-31(49-30)24-32-23-29(13-7-2)51-38(52-32)17-18-40(3,4)41(39,47)54-33/h7,17-18,20,28-34,38-39,42-43,47H,2,6,8-16,19,21-26H2,1,3-5H3/b18-17+,27-20+/t28-,29+,30+,31?,32?,33+,34?,38+,39+,41-/m1/s1. The number of aliphatic hydroxyl groups excluding tert-OH is 2. The highest BCUT2D eigenvalue weighted by atomic mass is 16.7. The van der Waals surface area contributed by atoms with Crippen molar-refractivity contribution in [3.05, 3.63) is 36.5 Å². The van der Waals surface area contributed by atoms with E-state index < -0.39 is 66.4 Å². The molecule has 4 heterocycles. The molecule has 4 aliphatic rings. The number of carbonyl (C=O) groups excluding carboxylic acids is 3. The average Bonchev–Trinajstić information content (AvgIpc) is 3.11. The molecule has 0 saturated carbocycles. The van der Waals surface area contributed by atoms with Gasteiger partial charge in [0, 0.05) is 43.6 Å². The number of carbonyl (C=O) groups is 3. The van der Waals surface area contributed by atoms with E-state index in [0.717, 1.165) is 44.9 Å². The number of rotatable bonds is 11. The molecule has 0 amide bonds. The van der Waals surface area contributed by atoms with E-state index in [1.54, 1.807) is 32.1 Å². The van der Waals surface area contributed by atoms with Crippen LogP contribution in [0.2, 0.25) is 0 Å². The van der Waals surface area contributed by atoms with E-state index in [2.05, 4.69) is 13.5 Å². The molecule has 3 N–H and O–H groups in total. The number of aliphatic hydroxyl groups is 3. The van der Waals surface area contributed by atoms with Crippen LogP contribution in [0.15, 0.2) is 36.5 Å². The van der Waals surface area contributed by atoms with Crippen LogP contribution in [0.3, 0.4) is 0 Å². The maximum Gasteiger partial charge on any atom is 0.330 e. The van der Waals surface area contributed by atoms with Gasteiger partial charge in [0.05, 0.1) is 56.8 Å². The van der Waals surface area contributed by atoms with Crippen LogP contribution in [-0.4, -0.2) is 108 Å². The molecular weight excluding hydrogens is 700 g/mol. The first-order valence-electron chi connectivity index (χ1n) is 19.9. The summed E-state index contributed by atoms with van der Waals surface area (Å²) in [5, 5.41) is 33.9. The van der Waals surface area contributed by atoms with Gasteiger partial charge in [-0.3, -0.25) is 9.59 Å². The summed E-state index contributed by atoms with van der Waals surface area (Å²) >= 11 is 0. The SMILES string of the molecule is C=CC[C@H]1CC2CC3CCC[C@@H](C[C@@H](O)CC(=O)OC(CO)C[C@@H]4C/C(=C\C(=O)OC)[C@H](OC(=O)CCCCCCC)[C@@](O)(O4)C(C)(C)/C=C/[C@H](O2)O1)O3. The summed E-state index contributed by atoms with van der Waals surface area (Å²) in [6.45, 7) is 8.86. The van der Waals surface area contributed by atoms with Crippen molar-refractivity contribution >= 4 is 17.9 Å². The van der Waals surface area contributed by atoms with Crippen molar-refractivity contribution in [3.63, 3.8) is 0 Å². The number of methoxy groups -OCH3 is 1. The average molecular weight is 765 g/mol. The molecule has 3 unspecified atom stereocenters. The third-order valence-electron chi connectivity index (χ3n) is 10.9. The molecule has 4 aliphatic heterocycles. The Hall–Kier alpha value is -2.65. The first-order chi connectivity index (χ1) is 25.8. The fraction of sp³-hybridized carbons (Fsp3) is 0.780. The molecule has 3 fully saturated rings.